The second-order valence-corrected chi connectivity index (χ2v) is 7.76. The molecule has 1 amide bonds. The molecule has 3 aromatic rings. The summed E-state index contributed by atoms with van der Waals surface area (Å²) >= 11 is 1.38. The van der Waals surface area contributed by atoms with Crippen LogP contribution in [0.25, 0.3) is 11.3 Å². The summed E-state index contributed by atoms with van der Waals surface area (Å²) in [7, 11) is 0. The van der Waals surface area contributed by atoms with Crippen molar-refractivity contribution in [2.24, 2.45) is 0 Å². The number of nitrogens with zero attached hydrogens (tertiary/aromatic N) is 2. The molecule has 0 saturated heterocycles. The number of carbonyl (C=O) groups excluding carboxylic acids is 1. The van der Waals surface area contributed by atoms with Crippen molar-refractivity contribution >= 4 is 23.4 Å². The molecule has 0 radical (unpaired) electrons. The van der Waals surface area contributed by atoms with Crippen LogP contribution in [0.3, 0.4) is 0 Å². The van der Waals surface area contributed by atoms with Gasteiger partial charge in [0.25, 0.3) is 0 Å². The van der Waals surface area contributed by atoms with Crippen molar-refractivity contribution in [2.75, 3.05) is 11.1 Å². The Kier molecular flexibility index (Phi) is 5.91. The summed E-state index contributed by atoms with van der Waals surface area (Å²) in [6, 6.07) is 16.1. The third kappa shape index (κ3) is 5.17. The molecule has 2 aromatic carbocycles. The maximum absolute atomic E-state index is 12.2. The fraction of sp³-hybridized carbons (Fsp3) is 0.227. The molecule has 0 fully saturated rings. The van der Waals surface area contributed by atoms with E-state index in [1.54, 1.807) is 0 Å². The number of hydrogen-bond acceptors (Lipinski definition) is 4. The molecular formula is C22H23N3OS. The number of hydrogen-bond donors (Lipinski definition) is 1. The molecule has 1 aromatic heterocycles. The van der Waals surface area contributed by atoms with Gasteiger partial charge < -0.3 is 5.32 Å². The van der Waals surface area contributed by atoms with E-state index in [4.69, 9.17) is 0 Å². The van der Waals surface area contributed by atoms with Gasteiger partial charge in [-0.1, -0.05) is 30.0 Å². The molecular weight excluding hydrogens is 354 g/mol. The summed E-state index contributed by atoms with van der Waals surface area (Å²) in [5.41, 5.74) is 7.46. The first kappa shape index (κ1) is 19.1. The van der Waals surface area contributed by atoms with Crippen LogP contribution in [0.5, 0.6) is 0 Å². The van der Waals surface area contributed by atoms with Crippen LogP contribution >= 0.6 is 11.8 Å². The highest BCUT2D eigenvalue weighted by Gasteiger charge is 2.07. The number of aryl methyl sites for hydroxylation is 4. The van der Waals surface area contributed by atoms with Gasteiger partial charge in [0.05, 0.1) is 11.4 Å². The molecule has 0 saturated carbocycles. The summed E-state index contributed by atoms with van der Waals surface area (Å²) in [6.07, 6.45) is 0. The second-order valence-electron chi connectivity index (χ2n) is 6.77. The molecule has 5 heteroatoms. The Balaban J connectivity index is 1.59. The van der Waals surface area contributed by atoms with Crippen LogP contribution in [-0.4, -0.2) is 21.9 Å². The van der Waals surface area contributed by atoms with Crippen molar-refractivity contribution in [1.82, 2.24) is 10.2 Å². The molecule has 0 aliphatic heterocycles. The fourth-order valence-electron chi connectivity index (χ4n) is 2.84. The summed E-state index contributed by atoms with van der Waals surface area (Å²) in [5.74, 6) is 0.245. The molecule has 0 aliphatic carbocycles. The van der Waals surface area contributed by atoms with Crippen molar-refractivity contribution in [3.05, 3.63) is 70.8 Å². The molecule has 3 rings (SSSR count). The Hall–Kier alpha value is -2.66. The minimum absolute atomic E-state index is 0.0509. The monoisotopic (exact) mass is 377 g/mol. The van der Waals surface area contributed by atoms with Crippen molar-refractivity contribution < 1.29 is 4.79 Å². The van der Waals surface area contributed by atoms with Gasteiger partial charge in [-0.25, -0.2) is 0 Å². The van der Waals surface area contributed by atoms with E-state index in [-0.39, 0.29) is 5.91 Å². The molecule has 1 heterocycles. The zero-order valence-corrected chi connectivity index (χ0v) is 16.9. The first-order valence-corrected chi connectivity index (χ1v) is 9.81. The molecule has 0 atom stereocenters. The first-order chi connectivity index (χ1) is 12.9. The van der Waals surface area contributed by atoms with E-state index < -0.39 is 0 Å². The smallest absolute Gasteiger partial charge is 0.234 e. The van der Waals surface area contributed by atoms with Gasteiger partial charge in [0.1, 0.15) is 5.03 Å². The lowest BCUT2D eigenvalue weighted by Crippen LogP contribution is -2.14. The van der Waals surface area contributed by atoms with Gasteiger partial charge >= 0.3 is 0 Å². The van der Waals surface area contributed by atoms with E-state index in [9.17, 15) is 4.79 Å². The Bertz CT molecular complexity index is 948. The molecule has 0 aliphatic rings. The minimum atomic E-state index is -0.0509. The molecule has 1 N–H and O–H groups in total. The number of aromatic nitrogens is 2. The Labute approximate surface area is 164 Å². The predicted molar refractivity (Wildman–Crippen MR) is 112 cm³/mol. The van der Waals surface area contributed by atoms with Crippen molar-refractivity contribution in [3.8, 4) is 11.3 Å². The van der Waals surface area contributed by atoms with E-state index in [0.717, 1.165) is 33.1 Å². The Morgan fingerprint density at radius 2 is 1.63 bits per heavy atom. The van der Waals surface area contributed by atoms with Gasteiger partial charge in [0, 0.05) is 11.3 Å². The number of carbonyl (C=O) groups is 1. The van der Waals surface area contributed by atoms with E-state index in [1.165, 1.54) is 22.9 Å². The fourth-order valence-corrected chi connectivity index (χ4v) is 3.45. The number of rotatable bonds is 5. The normalized spacial score (nSPS) is 10.7. The predicted octanol–water partition coefficient (Wildman–Crippen LogP) is 5.11. The van der Waals surface area contributed by atoms with Crippen LogP contribution in [-0.2, 0) is 4.79 Å². The van der Waals surface area contributed by atoms with Gasteiger partial charge in [-0.3, -0.25) is 4.79 Å². The minimum Gasteiger partial charge on any atom is -0.325 e. The summed E-state index contributed by atoms with van der Waals surface area (Å²) in [5, 5.41) is 12.2. The number of anilines is 1. The molecule has 0 bridgehead atoms. The van der Waals surface area contributed by atoms with Crippen LogP contribution in [0.1, 0.15) is 22.3 Å². The SMILES string of the molecule is Cc1cc(C)cc(NC(=O)CSc2ccc(-c3ccc(C)c(C)c3)nn2)c1. The van der Waals surface area contributed by atoms with Crippen LogP contribution in [0.4, 0.5) is 5.69 Å². The Morgan fingerprint density at radius 3 is 2.26 bits per heavy atom. The highest BCUT2D eigenvalue weighted by atomic mass is 32.2. The largest absolute Gasteiger partial charge is 0.325 e. The Morgan fingerprint density at radius 1 is 0.889 bits per heavy atom. The van der Waals surface area contributed by atoms with E-state index >= 15 is 0 Å². The second kappa shape index (κ2) is 8.35. The lowest BCUT2D eigenvalue weighted by molar-refractivity contribution is -0.113. The van der Waals surface area contributed by atoms with E-state index in [1.807, 2.05) is 38.1 Å². The average Bonchev–Trinajstić information content (AvgIpc) is 2.62. The lowest BCUT2D eigenvalue weighted by atomic mass is 10.0. The topological polar surface area (TPSA) is 54.9 Å². The molecule has 27 heavy (non-hydrogen) atoms. The maximum atomic E-state index is 12.2. The number of benzene rings is 2. The third-order valence-electron chi connectivity index (χ3n) is 4.30. The van der Waals surface area contributed by atoms with Gasteiger partial charge in [0.2, 0.25) is 5.91 Å². The number of thioether (sulfide) groups is 1. The quantitative estimate of drug-likeness (QED) is 0.628. The van der Waals surface area contributed by atoms with E-state index in [0.29, 0.717) is 5.75 Å². The molecule has 0 unspecified atom stereocenters. The molecule has 0 spiro atoms. The zero-order valence-electron chi connectivity index (χ0n) is 16.0. The van der Waals surface area contributed by atoms with Crippen LogP contribution in [0.15, 0.2) is 53.6 Å². The van der Waals surface area contributed by atoms with Crippen LogP contribution < -0.4 is 5.32 Å². The third-order valence-corrected chi connectivity index (χ3v) is 5.22. The van der Waals surface area contributed by atoms with Crippen molar-refractivity contribution in [2.45, 2.75) is 32.7 Å². The van der Waals surface area contributed by atoms with Crippen molar-refractivity contribution in [3.63, 3.8) is 0 Å². The average molecular weight is 378 g/mol. The van der Waals surface area contributed by atoms with Gasteiger partial charge in [-0.15, -0.1) is 10.2 Å². The van der Waals surface area contributed by atoms with Gasteiger partial charge in [-0.05, 0) is 80.3 Å². The highest BCUT2D eigenvalue weighted by molar-refractivity contribution is 7.99. The summed E-state index contributed by atoms with van der Waals surface area (Å²) in [4.78, 5) is 12.2. The molecule has 138 valence electrons. The highest BCUT2D eigenvalue weighted by Crippen LogP contribution is 2.22. The van der Waals surface area contributed by atoms with Gasteiger partial charge in [-0.2, -0.15) is 0 Å². The van der Waals surface area contributed by atoms with Crippen LogP contribution in [0, 0.1) is 27.7 Å². The standard InChI is InChI=1S/C22H23N3OS/c1-14-9-15(2)11-19(10-14)23-21(26)13-27-22-8-7-20(24-25-22)18-6-5-16(3)17(4)12-18/h5-12H,13H2,1-4H3,(H,23,26). The van der Waals surface area contributed by atoms with Crippen LogP contribution in [0.2, 0.25) is 0 Å². The lowest BCUT2D eigenvalue weighted by Gasteiger charge is -2.08. The summed E-state index contributed by atoms with van der Waals surface area (Å²) in [6.45, 7) is 8.21. The maximum Gasteiger partial charge on any atom is 0.234 e. The van der Waals surface area contributed by atoms with Gasteiger partial charge in [0.15, 0.2) is 0 Å². The van der Waals surface area contributed by atoms with E-state index in [2.05, 4.69) is 53.6 Å². The molecule has 4 nitrogen and oxygen atoms in total. The summed E-state index contributed by atoms with van der Waals surface area (Å²) < 4.78 is 0. The number of nitrogens with one attached hydrogen (secondary N) is 1. The first-order valence-electron chi connectivity index (χ1n) is 8.83. The number of amides is 1. The van der Waals surface area contributed by atoms with Crippen molar-refractivity contribution in [1.29, 1.82) is 0 Å². The zero-order chi connectivity index (χ0) is 19.4.